The molecule has 150 valence electrons. The van der Waals surface area contributed by atoms with E-state index in [9.17, 15) is 4.79 Å². The summed E-state index contributed by atoms with van der Waals surface area (Å²) in [5.41, 5.74) is 3.22. The van der Waals surface area contributed by atoms with Gasteiger partial charge in [0.1, 0.15) is 5.01 Å². The molecule has 4 nitrogen and oxygen atoms in total. The van der Waals surface area contributed by atoms with Crippen LogP contribution in [0.15, 0.2) is 48.5 Å². The van der Waals surface area contributed by atoms with Crippen LogP contribution in [0.1, 0.15) is 25.5 Å². The normalized spacial score (nSPS) is 18.6. The number of hydrogen-bond donors (Lipinski definition) is 0. The second-order valence-electron chi connectivity index (χ2n) is 7.34. The van der Waals surface area contributed by atoms with Crippen molar-refractivity contribution in [3.05, 3.63) is 64.7 Å². The van der Waals surface area contributed by atoms with Crippen LogP contribution in [-0.4, -0.2) is 58.4 Å². The quantitative estimate of drug-likeness (QED) is 0.585. The maximum absolute atomic E-state index is 12.9. The summed E-state index contributed by atoms with van der Waals surface area (Å²) in [5.74, 6) is 2.59. The lowest BCUT2D eigenvalue weighted by molar-refractivity contribution is 0.0628. The summed E-state index contributed by atoms with van der Waals surface area (Å²) in [6.45, 7) is 4.22. The highest BCUT2D eigenvalue weighted by Gasteiger charge is 2.24. The number of thioether (sulfide) groups is 2. The molecule has 7 heteroatoms. The molecule has 0 N–H and O–H groups in total. The number of aromatic nitrogens is 1. The number of thiazole rings is 1. The molecule has 2 aliphatic heterocycles. The second-order valence-corrected chi connectivity index (χ2v) is 11.2. The van der Waals surface area contributed by atoms with E-state index in [1.54, 1.807) is 11.3 Å². The molecule has 29 heavy (non-hydrogen) atoms. The van der Waals surface area contributed by atoms with E-state index < -0.39 is 0 Å². The van der Waals surface area contributed by atoms with Gasteiger partial charge in [-0.1, -0.05) is 24.3 Å². The number of carbonyl (C=O) groups is 1. The third kappa shape index (κ3) is 4.33. The summed E-state index contributed by atoms with van der Waals surface area (Å²) in [6, 6.07) is 16.6. The Balaban J connectivity index is 1.17. The third-order valence-electron chi connectivity index (χ3n) is 5.41. The van der Waals surface area contributed by atoms with Crippen LogP contribution >= 0.6 is 34.9 Å². The summed E-state index contributed by atoms with van der Waals surface area (Å²) in [4.78, 5) is 22.0. The van der Waals surface area contributed by atoms with Gasteiger partial charge in [-0.15, -0.1) is 34.9 Å². The molecule has 0 unspecified atom stereocenters. The largest absolute Gasteiger partial charge is 0.336 e. The number of fused-ring (bicyclic) bond motifs is 1. The Morgan fingerprint density at radius 1 is 0.966 bits per heavy atom. The number of rotatable bonds is 4. The molecule has 0 saturated carbocycles. The first-order valence-corrected chi connectivity index (χ1v) is 12.9. The number of nitrogens with zero attached hydrogens (tertiary/aromatic N) is 3. The van der Waals surface area contributed by atoms with Crippen molar-refractivity contribution in [2.45, 2.75) is 11.1 Å². The predicted octanol–water partition coefficient (Wildman–Crippen LogP) is 4.73. The van der Waals surface area contributed by atoms with Gasteiger partial charge in [-0.05, 0) is 29.8 Å². The van der Waals surface area contributed by atoms with Gasteiger partial charge in [-0.25, -0.2) is 4.98 Å². The van der Waals surface area contributed by atoms with Crippen molar-refractivity contribution in [2.75, 3.05) is 37.7 Å². The van der Waals surface area contributed by atoms with Crippen LogP contribution in [-0.2, 0) is 6.54 Å². The fraction of sp³-hybridized carbons (Fsp3) is 0.364. The zero-order chi connectivity index (χ0) is 19.6. The highest BCUT2D eigenvalue weighted by molar-refractivity contribution is 8.19. The van der Waals surface area contributed by atoms with E-state index in [-0.39, 0.29) is 5.91 Å². The van der Waals surface area contributed by atoms with E-state index in [1.807, 2.05) is 46.6 Å². The van der Waals surface area contributed by atoms with Gasteiger partial charge in [-0.3, -0.25) is 9.69 Å². The topological polar surface area (TPSA) is 36.4 Å². The van der Waals surface area contributed by atoms with Gasteiger partial charge in [0.25, 0.3) is 5.91 Å². The zero-order valence-electron chi connectivity index (χ0n) is 16.1. The molecule has 0 bridgehead atoms. The van der Waals surface area contributed by atoms with Gasteiger partial charge in [0.2, 0.25) is 0 Å². The van der Waals surface area contributed by atoms with E-state index >= 15 is 0 Å². The van der Waals surface area contributed by atoms with Gasteiger partial charge in [0, 0.05) is 43.2 Å². The van der Waals surface area contributed by atoms with Gasteiger partial charge >= 0.3 is 0 Å². The third-order valence-corrected chi connectivity index (χ3v) is 9.53. The molecule has 0 atom stereocenters. The van der Waals surface area contributed by atoms with Crippen molar-refractivity contribution in [1.29, 1.82) is 0 Å². The Hall–Kier alpha value is -1.54. The molecule has 3 heterocycles. The fourth-order valence-corrected chi connectivity index (χ4v) is 7.67. The Morgan fingerprint density at radius 2 is 1.69 bits per heavy atom. The molecule has 2 aliphatic rings. The smallest absolute Gasteiger partial charge is 0.253 e. The number of benzene rings is 2. The Bertz CT molecular complexity index is 957. The maximum Gasteiger partial charge on any atom is 0.253 e. The summed E-state index contributed by atoms with van der Waals surface area (Å²) in [7, 11) is 0. The molecule has 0 radical (unpaired) electrons. The lowest BCUT2D eigenvalue weighted by atomic mass is 10.1. The fourth-order valence-electron chi connectivity index (χ4n) is 3.80. The van der Waals surface area contributed by atoms with Gasteiger partial charge < -0.3 is 4.90 Å². The Kier molecular flexibility index (Phi) is 5.81. The first-order chi connectivity index (χ1) is 14.3. The summed E-state index contributed by atoms with van der Waals surface area (Å²) >= 11 is 5.77. The van der Waals surface area contributed by atoms with E-state index in [0.717, 1.165) is 48.8 Å². The van der Waals surface area contributed by atoms with E-state index in [2.05, 4.69) is 35.2 Å². The average Bonchev–Trinajstić information content (AvgIpc) is 3.43. The van der Waals surface area contributed by atoms with Crippen molar-refractivity contribution in [2.24, 2.45) is 0 Å². The van der Waals surface area contributed by atoms with Crippen LogP contribution in [0.4, 0.5) is 0 Å². The molecule has 1 amide bonds. The van der Waals surface area contributed by atoms with Crippen LogP contribution in [0.5, 0.6) is 0 Å². The standard InChI is InChI=1S/C22H23N3OS3/c26-21(16-5-7-17(8-6-16)22-27-13-14-28-22)25-11-9-24(10-12-25)15-20-23-18-3-1-2-4-19(18)29-20/h1-8,22H,9-15H2. The molecule has 1 aromatic heterocycles. The van der Waals surface area contributed by atoms with Crippen molar-refractivity contribution in [1.82, 2.24) is 14.8 Å². The van der Waals surface area contributed by atoms with Gasteiger partial charge in [0.15, 0.2) is 0 Å². The first kappa shape index (κ1) is 19.4. The first-order valence-electron chi connectivity index (χ1n) is 9.95. The minimum atomic E-state index is 0.155. The molecule has 0 spiro atoms. The van der Waals surface area contributed by atoms with Crippen molar-refractivity contribution in [3.8, 4) is 0 Å². The summed E-state index contributed by atoms with van der Waals surface area (Å²) in [5, 5.41) is 1.16. The average molecular weight is 442 g/mol. The lowest BCUT2D eigenvalue weighted by Crippen LogP contribution is -2.48. The summed E-state index contributed by atoms with van der Waals surface area (Å²) in [6.07, 6.45) is 0. The molecule has 0 aliphatic carbocycles. The van der Waals surface area contributed by atoms with Crippen LogP contribution in [0.3, 0.4) is 0 Å². The minimum absolute atomic E-state index is 0.155. The van der Waals surface area contributed by atoms with E-state index in [0.29, 0.717) is 4.58 Å². The van der Waals surface area contributed by atoms with E-state index in [4.69, 9.17) is 4.98 Å². The molecule has 3 aromatic rings. The number of para-hydroxylation sites is 1. The molecule has 2 aromatic carbocycles. The van der Waals surface area contributed by atoms with Crippen LogP contribution in [0, 0.1) is 0 Å². The molecule has 2 fully saturated rings. The van der Waals surface area contributed by atoms with Crippen molar-refractivity contribution in [3.63, 3.8) is 0 Å². The number of amides is 1. The van der Waals surface area contributed by atoms with Crippen molar-refractivity contribution < 1.29 is 4.79 Å². The highest BCUT2D eigenvalue weighted by Crippen LogP contribution is 2.45. The number of piperazine rings is 1. The predicted molar refractivity (Wildman–Crippen MR) is 125 cm³/mol. The molecular weight excluding hydrogens is 418 g/mol. The van der Waals surface area contributed by atoms with Gasteiger partial charge in [0.05, 0.1) is 21.3 Å². The lowest BCUT2D eigenvalue weighted by Gasteiger charge is -2.34. The van der Waals surface area contributed by atoms with E-state index in [1.165, 1.54) is 21.8 Å². The monoisotopic (exact) mass is 441 g/mol. The number of carbonyl (C=O) groups excluding carboxylic acids is 1. The maximum atomic E-state index is 12.9. The molecular formula is C22H23N3OS3. The van der Waals surface area contributed by atoms with Gasteiger partial charge in [-0.2, -0.15) is 0 Å². The SMILES string of the molecule is O=C(c1ccc(C2SCCS2)cc1)N1CCN(Cc2nc3ccccc3s2)CC1. The van der Waals surface area contributed by atoms with Crippen LogP contribution < -0.4 is 0 Å². The minimum Gasteiger partial charge on any atom is -0.336 e. The van der Waals surface area contributed by atoms with Crippen LogP contribution in [0.2, 0.25) is 0 Å². The molecule has 5 rings (SSSR count). The van der Waals surface area contributed by atoms with Crippen LogP contribution in [0.25, 0.3) is 10.2 Å². The summed E-state index contributed by atoms with van der Waals surface area (Å²) < 4.78 is 1.78. The number of hydrogen-bond acceptors (Lipinski definition) is 6. The highest BCUT2D eigenvalue weighted by atomic mass is 32.2. The second kappa shape index (κ2) is 8.68. The Labute approximate surface area is 183 Å². The Morgan fingerprint density at radius 3 is 2.41 bits per heavy atom. The molecule has 2 saturated heterocycles. The van der Waals surface area contributed by atoms with Crippen molar-refractivity contribution >= 4 is 51.0 Å². The zero-order valence-corrected chi connectivity index (χ0v) is 18.6.